The molecule has 0 fully saturated rings. The topological polar surface area (TPSA) is 53.1 Å². The molecule has 0 amide bonds. The van der Waals surface area contributed by atoms with Crippen molar-refractivity contribution in [3.63, 3.8) is 0 Å². The summed E-state index contributed by atoms with van der Waals surface area (Å²) in [6.07, 6.45) is 1.72. The Bertz CT molecular complexity index is 607. The molecule has 0 spiro atoms. The van der Waals surface area contributed by atoms with Gasteiger partial charge in [0.15, 0.2) is 5.75 Å². The third-order valence-electron chi connectivity index (χ3n) is 3.45. The first-order valence-electron chi connectivity index (χ1n) is 6.59. The Morgan fingerprint density at radius 2 is 2.05 bits per heavy atom. The third-order valence-corrected chi connectivity index (χ3v) is 4.31. The number of hydrogen-bond acceptors (Lipinski definition) is 3. The molecular formula is C15H20BrN3O. The molecule has 1 aromatic heterocycles. The molecule has 20 heavy (non-hydrogen) atoms. The molecule has 0 bridgehead atoms. The van der Waals surface area contributed by atoms with E-state index in [9.17, 15) is 0 Å². The van der Waals surface area contributed by atoms with E-state index in [4.69, 9.17) is 10.5 Å². The van der Waals surface area contributed by atoms with Crippen LogP contribution in [0.15, 0.2) is 28.9 Å². The lowest BCUT2D eigenvalue weighted by atomic mass is 9.99. The van der Waals surface area contributed by atoms with Gasteiger partial charge in [0.1, 0.15) is 5.69 Å². The van der Waals surface area contributed by atoms with Crippen molar-refractivity contribution >= 4 is 15.9 Å². The van der Waals surface area contributed by atoms with Crippen LogP contribution in [0.2, 0.25) is 0 Å². The number of halogens is 1. The van der Waals surface area contributed by atoms with Crippen molar-refractivity contribution < 1.29 is 4.74 Å². The van der Waals surface area contributed by atoms with E-state index in [0.29, 0.717) is 0 Å². The highest BCUT2D eigenvalue weighted by Gasteiger charge is 2.23. The molecule has 4 nitrogen and oxygen atoms in total. The van der Waals surface area contributed by atoms with Crippen LogP contribution in [0.3, 0.4) is 0 Å². The number of nitrogens with two attached hydrogens (primary N) is 1. The van der Waals surface area contributed by atoms with Gasteiger partial charge in [-0.25, -0.2) is 0 Å². The van der Waals surface area contributed by atoms with Gasteiger partial charge in [-0.2, -0.15) is 5.10 Å². The summed E-state index contributed by atoms with van der Waals surface area (Å²) in [5.41, 5.74) is 9.60. The standard InChI is InChI=1S/C15H20BrN3O/c1-9(2)19-15(13(20-4)8-18-19)14(17)11-6-5-7-12(16)10(11)3/h5-9,14H,17H2,1-4H3. The quantitative estimate of drug-likeness (QED) is 0.927. The summed E-state index contributed by atoms with van der Waals surface area (Å²) in [5, 5.41) is 4.39. The summed E-state index contributed by atoms with van der Waals surface area (Å²) in [6, 6.07) is 6.01. The zero-order valence-electron chi connectivity index (χ0n) is 12.2. The van der Waals surface area contributed by atoms with Gasteiger partial charge < -0.3 is 10.5 Å². The number of methoxy groups -OCH3 is 1. The van der Waals surface area contributed by atoms with Crippen LogP contribution in [-0.2, 0) is 0 Å². The van der Waals surface area contributed by atoms with E-state index in [0.717, 1.165) is 27.0 Å². The lowest BCUT2D eigenvalue weighted by Crippen LogP contribution is -2.20. The SMILES string of the molecule is COc1cnn(C(C)C)c1C(N)c1cccc(Br)c1C. The maximum Gasteiger partial charge on any atom is 0.161 e. The highest BCUT2D eigenvalue weighted by atomic mass is 79.9. The van der Waals surface area contributed by atoms with E-state index >= 15 is 0 Å². The minimum Gasteiger partial charge on any atom is -0.493 e. The molecule has 0 aliphatic rings. The fourth-order valence-corrected chi connectivity index (χ4v) is 2.71. The summed E-state index contributed by atoms with van der Waals surface area (Å²) >= 11 is 3.55. The van der Waals surface area contributed by atoms with Crippen LogP contribution in [0, 0.1) is 6.92 Å². The van der Waals surface area contributed by atoms with Gasteiger partial charge in [-0.1, -0.05) is 28.1 Å². The molecule has 1 heterocycles. The first kappa shape index (κ1) is 15.1. The summed E-state index contributed by atoms with van der Waals surface area (Å²) in [4.78, 5) is 0. The molecule has 0 saturated carbocycles. The minimum absolute atomic E-state index is 0.229. The van der Waals surface area contributed by atoms with Gasteiger partial charge in [0, 0.05) is 10.5 Å². The van der Waals surface area contributed by atoms with Crippen LogP contribution in [0.25, 0.3) is 0 Å². The van der Waals surface area contributed by atoms with Gasteiger partial charge in [0.2, 0.25) is 0 Å². The molecular weight excluding hydrogens is 318 g/mol. The van der Waals surface area contributed by atoms with Crippen molar-refractivity contribution in [1.82, 2.24) is 9.78 Å². The van der Waals surface area contributed by atoms with Gasteiger partial charge >= 0.3 is 0 Å². The number of aromatic nitrogens is 2. The Kier molecular flexibility index (Phi) is 4.50. The van der Waals surface area contributed by atoms with Crippen LogP contribution >= 0.6 is 15.9 Å². The molecule has 2 N–H and O–H groups in total. The van der Waals surface area contributed by atoms with Crippen molar-refractivity contribution in [2.45, 2.75) is 32.9 Å². The van der Waals surface area contributed by atoms with E-state index < -0.39 is 0 Å². The van der Waals surface area contributed by atoms with Crippen molar-refractivity contribution in [2.24, 2.45) is 5.73 Å². The minimum atomic E-state index is -0.271. The normalized spacial score (nSPS) is 12.8. The monoisotopic (exact) mass is 337 g/mol. The Hall–Kier alpha value is -1.33. The van der Waals surface area contributed by atoms with E-state index in [1.807, 2.05) is 22.9 Å². The Balaban J connectivity index is 2.55. The number of nitrogens with zero attached hydrogens (tertiary/aromatic N) is 2. The number of rotatable bonds is 4. The first-order valence-corrected chi connectivity index (χ1v) is 7.38. The second-order valence-corrected chi connectivity index (χ2v) is 5.92. The van der Waals surface area contributed by atoms with Crippen LogP contribution < -0.4 is 10.5 Å². The highest BCUT2D eigenvalue weighted by molar-refractivity contribution is 9.10. The summed E-state index contributed by atoms with van der Waals surface area (Å²) in [5.74, 6) is 0.727. The number of ether oxygens (including phenoxy) is 1. The Morgan fingerprint density at radius 3 is 2.65 bits per heavy atom. The summed E-state index contributed by atoms with van der Waals surface area (Å²) < 4.78 is 8.39. The van der Waals surface area contributed by atoms with E-state index in [2.05, 4.69) is 41.8 Å². The zero-order valence-corrected chi connectivity index (χ0v) is 13.8. The van der Waals surface area contributed by atoms with Crippen LogP contribution in [-0.4, -0.2) is 16.9 Å². The second-order valence-electron chi connectivity index (χ2n) is 5.07. The second kappa shape index (κ2) is 5.97. The maximum atomic E-state index is 6.48. The number of benzene rings is 1. The highest BCUT2D eigenvalue weighted by Crippen LogP contribution is 2.33. The predicted octanol–water partition coefficient (Wildman–Crippen LogP) is 3.59. The van der Waals surface area contributed by atoms with E-state index in [1.165, 1.54) is 0 Å². The van der Waals surface area contributed by atoms with Crippen molar-refractivity contribution in [3.05, 3.63) is 45.7 Å². The van der Waals surface area contributed by atoms with Crippen molar-refractivity contribution in [2.75, 3.05) is 7.11 Å². The molecule has 0 radical (unpaired) electrons. The largest absolute Gasteiger partial charge is 0.493 e. The lowest BCUT2D eigenvalue weighted by Gasteiger charge is -2.20. The fourth-order valence-electron chi connectivity index (χ4n) is 2.33. The van der Waals surface area contributed by atoms with E-state index in [-0.39, 0.29) is 12.1 Å². The molecule has 0 aliphatic carbocycles. The number of hydrogen-bond donors (Lipinski definition) is 1. The molecule has 0 saturated heterocycles. The molecule has 2 aromatic rings. The zero-order chi connectivity index (χ0) is 14.9. The van der Waals surface area contributed by atoms with Gasteiger partial charge in [-0.3, -0.25) is 4.68 Å². The lowest BCUT2D eigenvalue weighted by molar-refractivity contribution is 0.401. The van der Waals surface area contributed by atoms with Gasteiger partial charge in [-0.15, -0.1) is 0 Å². The Labute approximate surface area is 128 Å². The smallest absolute Gasteiger partial charge is 0.161 e. The molecule has 0 aliphatic heterocycles. The summed E-state index contributed by atoms with van der Waals surface area (Å²) in [7, 11) is 1.64. The molecule has 1 atom stereocenters. The third kappa shape index (κ3) is 2.60. The molecule has 5 heteroatoms. The fraction of sp³-hybridized carbons (Fsp3) is 0.400. The molecule has 108 valence electrons. The average Bonchev–Trinajstić information content (AvgIpc) is 2.85. The molecule has 2 rings (SSSR count). The average molecular weight is 338 g/mol. The maximum absolute atomic E-state index is 6.48. The van der Waals surface area contributed by atoms with Crippen LogP contribution in [0.1, 0.15) is 42.8 Å². The Morgan fingerprint density at radius 1 is 1.35 bits per heavy atom. The van der Waals surface area contributed by atoms with Gasteiger partial charge in [0.25, 0.3) is 0 Å². The van der Waals surface area contributed by atoms with Gasteiger partial charge in [-0.05, 0) is 38.0 Å². The van der Waals surface area contributed by atoms with Gasteiger partial charge in [0.05, 0.1) is 19.3 Å². The summed E-state index contributed by atoms with van der Waals surface area (Å²) in [6.45, 7) is 6.22. The van der Waals surface area contributed by atoms with Crippen LogP contribution in [0.5, 0.6) is 5.75 Å². The predicted molar refractivity (Wildman–Crippen MR) is 84.1 cm³/mol. The van der Waals surface area contributed by atoms with Crippen LogP contribution in [0.4, 0.5) is 0 Å². The molecule has 1 unspecified atom stereocenters. The first-order chi connectivity index (χ1) is 9.47. The van der Waals surface area contributed by atoms with Crippen molar-refractivity contribution in [1.29, 1.82) is 0 Å². The van der Waals surface area contributed by atoms with Crippen molar-refractivity contribution in [3.8, 4) is 5.75 Å². The molecule has 1 aromatic carbocycles. The van der Waals surface area contributed by atoms with E-state index in [1.54, 1.807) is 13.3 Å².